The van der Waals surface area contributed by atoms with Gasteiger partial charge < -0.3 is 5.32 Å². The lowest BCUT2D eigenvalue weighted by Crippen LogP contribution is -2.19. The summed E-state index contributed by atoms with van der Waals surface area (Å²) in [5.74, 6) is 0. The summed E-state index contributed by atoms with van der Waals surface area (Å²) < 4.78 is 0.839. The van der Waals surface area contributed by atoms with Gasteiger partial charge in [0, 0.05) is 18.8 Å². The normalized spacial score (nSPS) is 12.6. The highest BCUT2D eigenvalue weighted by Gasteiger charge is 2.08. The lowest BCUT2D eigenvalue weighted by Gasteiger charge is -2.13. The van der Waals surface area contributed by atoms with Crippen LogP contribution in [0, 0.1) is 0 Å². The third kappa shape index (κ3) is 3.31. The predicted molar refractivity (Wildman–Crippen MR) is 78.2 cm³/mol. The van der Waals surface area contributed by atoms with Gasteiger partial charge in [0.2, 0.25) is 0 Å². The Labute approximate surface area is 117 Å². The molecule has 2 aromatic rings. The summed E-state index contributed by atoms with van der Waals surface area (Å²) in [4.78, 5) is 4.43. The van der Waals surface area contributed by atoms with Crippen molar-refractivity contribution in [1.29, 1.82) is 0 Å². The van der Waals surface area contributed by atoms with Crippen LogP contribution in [0.25, 0.3) is 0 Å². The number of halogens is 1. The van der Waals surface area contributed by atoms with Crippen LogP contribution in [0.2, 0.25) is 4.34 Å². The van der Waals surface area contributed by atoms with Gasteiger partial charge in [-0.3, -0.25) is 4.98 Å². The first-order valence-electron chi connectivity index (χ1n) is 6.10. The summed E-state index contributed by atoms with van der Waals surface area (Å²) in [6.07, 6.45) is 2.87. The first kappa shape index (κ1) is 13.5. The van der Waals surface area contributed by atoms with Crippen LogP contribution in [0.1, 0.15) is 36.7 Å². The highest BCUT2D eigenvalue weighted by atomic mass is 35.5. The first-order valence-corrected chi connectivity index (χ1v) is 7.36. The molecule has 2 aromatic heterocycles. The second-order valence-corrected chi connectivity index (χ2v) is 5.79. The SMILES string of the molecule is CCc1cccnc1CNC(C)c1csc(Cl)c1. The van der Waals surface area contributed by atoms with Crippen molar-refractivity contribution in [3.05, 3.63) is 50.9 Å². The Kier molecular flexibility index (Phi) is 4.75. The predicted octanol–water partition coefficient (Wildman–Crippen LogP) is 4.21. The van der Waals surface area contributed by atoms with E-state index in [1.54, 1.807) is 11.3 Å². The molecule has 0 aliphatic rings. The summed E-state index contributed by atoms with van der Waals surface area (Å²) in [7, 11) is 0. The Morgan fingerprint density at radius 3 is 3.00 bits per heavy atom. The van der Waals surface area contributed by atoms with E-state index in [2.05, 4.69) is 35.6 Å². The number of hydrogen-bond donors (Lipinski definition) is 1. The van der Waals surface area contributed by atoms with Crippen molar-refractivity contribution in [3.8, 4) is 0 Å². The summed E-state index contributed by atoms with van der Waals surface area (Å²) in [5, 5.41) is 5.59. The van der Waals surface area contributed by atoms with E-state index < -0.39 is 0 Å². The number of hydrogen-bond acceptors (Lipinski definition) is 3. The molecule has 18 heavy (non-hydrogen) atoms. The van der Waals surface area contributed by atoms with Gasteiger partial charge in [0.1, 0.15) is 0 Å². The molecule has 0 radical (unpaired) electrons. The van der Waals surface area contributed by atoms with E-state index in [1.807, 2.05) is 18.3 Å². The van der Waals surface area contributed by atoms with E-state index in [0.717, 1.165) is 23.0 Å². The molecule has 2 nitrogen and oxygen atoms in total. The minimum Gasteiger partial charge on any atom is -0.305 e. The van der Waals surface area contributed by atoms with Gasteiger partial charge in [-0.1, -0.05) is 24.6 Å². The molecule has 0 fully saturated rings. The smallest absolute Gasteiger partial charge is 0.0931 e. The molecular formula is C14H17ClN2S. The van der Waals surface area contributed by atoms with Gasteiger partial charge >= 0.3 is 0 Å². The fraction of sp³-hybridized carbons (Fsp3) is 0.357. The van der Waals surface area contributed by atoms with Crippen LogP contribution in [0.4, 0.5) is 0 Å². The standard InChI is InChI=1S/C14H17ClN2S/c1-3-11-5-4-6-16-13(11)8-17-10(2)12-7-14(15)18-9-12/h4-7,9-10,17H,3,8H2,1-2H3. The van der Waals surface area contributed by atoms with E-state index in [0.29, 0.717) is 6.04 Å². The second kappa shape index (κ2) is 6.32. The fourth-order valence-corrected chi connectivity index (χ4v) is 2.86. The highest BCUT2D eigenvalue weighted by Crippen LogP contribution is 2.24. The Hall–Kier alpha value is -0.900. The summed E-state index contributed by atoms with van der Waals surface area (Å²) in [6.45, 7) is 5.09. The van der Waals surface area contributed by atoms with Crippen LogP contribution in [0.5, 0.6) is 0 Å². The van der Waals surface area contributed by atoms with Crippen molar-refractivity contribution in [2.75, 3.05) is 0 Å². The number of pyridine rings is 1. The molecule has 2 rings (SSSR count). The van der Waals surface area contributed by atoms with Crippen molar-refractivity contribution < 1.29 is 0 Å². The van der Waals surface area contributed by atoms with Crippen LogP contribution < -0.4 is 5.32 Å². The van der Waals surface area contributed by atoms with Crippen LogP contribution in [-0.4, -0.2) is 4.98 Å². The van der Waals surface area contributed by atoms with E-state index in [-0.39, 0.29) is 0 Å². The number of nitrogens with zero attached hydrogens (tertiary/aromatic N) is 1. The number of thiophene rings is 1. The maximum Gasteiger partial charge on any atom is 0.0931 e. The van der Waals surface area contributed by atoms with E-state index in [4.69, 9.17) is 11.6 Å². The molecule has 0 bridgehead atoms. The average molecular weight is 281 g/mol. The van der Waals surface area contributed by atoms with Gasteiger partial charge in [0.25, 0.3) is 0 Å². The fourth-order valence-electron chi connectivity index (χ4n) is 1.87. The van der Waals surface area contributed by atoms with Crippen LogP contribution in [0.15, 0.2) is 29.8 Å². The Morgan fingerprint density at radius 1 is 1.50 bits per heavy atom. The molecule has 0 spiro atoms. The van der Waals surface area contributed by atoms with Gasteiger partial charge in [0.05, 0.1) is 10.0 Å². The van der Waals surface area contributed by atoms with Crippen LogP contribution in [-0.2, 0) is 13.0 Å². The van der Waals surface area contributed by atoms with Crippen LogP contribution >= 0.6 is 22.9 Å². The molecule has 4 heteroatoms. The molecule has 0 saturated heterocycles. The van der Waals surface area contributed by atoms with Gasteiger partial charge in [-0.15, -0.1) is 11.3 Å². The summed E-state index contributed by atoms with van der Waals surface area (Å²) in [6, 6.07) is 6.43. The Bertz CT molecular complexity index is 510. The zero-order chi connectivity index (χ0) is 13.0. The molecule has 0 saturated carbocycles. The number of rotatable bonds is 5. The Balaban J connectivity index is 1.99. The zero-order valence-electron chi connectivity index (χ0n) is 10.6. The van der Waals surface area contributed by atoms with Gasteiger partial charge in [-0.2, -0.15) is 0 Å². The van der Waals surface area contributed by atoms with E-state index in [1.165, 1.54) is 11.1 Å². The van der Waals surface area contributed by atoms with Crippen molar-refractivity contribution in [3.63, 3.8) is 0 Å². The molecule has 0 aliphatic carbocycles. The van der Waals surface area contributed by atoms with Gasteiger partial charge in [0.15, 0.2) is 0 Å². The topological polar surface area (TPSA) is 24.9 Å². The maximum atomic E-state index is 5.95. The molecule has 2 heterocycles. The molecular weight excluding hydrogens is 264 g/mol. The number of nitrogens with one attached hydrogen (secondary N) is 1. The summed E-state index contributed by atoms with van der Waals surface area (Å²) >= 11 is 7.52. The largest absolute Gasteiger partial charge is 0.305 e. The quantitative estimate of drug-likeness (QED) is 0.887. The summed E-state index contributed by atoms with van der Waals surface area (Å²) in [5.41, 5.74) is 3.67. The van der Waals surface area contributed by atoms with Gasteiger partial charge in [-0.05, 0) is 42.0 Å². The van der Waals surface area contributed by atoms with E-state index >= 15 is 0 Å². The van der Waals surface area contributed by atoms with Crippen molar-refractivity contribution in [1.82, 2.24) is 10.3 Å². The highest BCUT2D eigenvalue weighted by molar-refractivity contribution is 7.14. The zero-order valence-corrected chi connectivity index (χ0v) is 12.2. The molecule has 0 amide bonds. The average Bonchev–Trinajstić information content (AvgIpc) is 2.83. The minimum atomic E-state index is 0.292. The van der Waals surface area contributed by atoms with Crippen molar-refractivity contribution in [2.45, 2.75) is 32.9 Å². The molecule has 1 atom stereocenters. The van der Waals surface area contributed by atoms with Gasteiger partial charge in [-0.25, -0.2) is 0 Å². The molecule has 0 aliphatic heterocycles. The molecule has 96 valence electrons. The monoisotopic (exact) mass is 280 g/mol. The van der Waals surface area contributed by atoms with E-state index in [9.17, 15) is 0 Å². The molecule has 1 unspecified atom stereocenters. The first-order chi connectivity index (χ1) is 8.70. The second-order valence-electron chi connectivity index (χ2n) is 4.25. The van der Waals surface area contributed by atoms with Crippen molar-refractivity contribution >= 4 is 22.9 Å². The lowest BCUT2D eigenvalue weighted by molar-refractivity contribution is 0.566. The maximum absolute atomic E-state index is 5.95. The van der Waals surface area contributed by atoms with Crippen LogP contribution in [0.3, 0.4) is 0 Å². The number of aromatic nitrogens is 1. The molecule has 0 aromatic carbocycles. The lowest BCUT2D eigenvalue weighted by atomic mass is 10.1. The number of aryl methyl sites for hydroxylation is 1. The third-order valence-electron chi connectivity index (χ3n) is 3.03. The minimum absolute atomic E-state index is 0.292. The third-order valence-corrected chi connectivity index (χ3v) is 4.14. The van der Waals surface area contributed by atoms with Crippen molar-refractivity contribution in [2.24, 2.45) is 0 Å². The Morgan fingerprint density at radius 2 is 2.33 bits per heavy atom. The molecule has 1 N–H and O–H groups in total.